The van der Waals surface area contributed by atoms with E-state index in [0.29, 0.717) is 19.8 Å². The molecule has 1 amide bonds. The summed E-state index contributed by atoms with van der Waals surface area (Å²) in [6, 6.07) is 13.8. The lowest BCUT2D eigenvalue weighted by atomic mass is 10.1. The second-order valence-electron chi connectivity index (χ2n) is 7.08. The van der Waals surface area contributed by atoms with Crippen molar-refractivity contribution in [2.45, 2.75) is 19.5 Å². The van der Waals surface area contributed by atoms with Gasteiger partial charge in [0.15, 0.2) is 18.0 Å². The standard InChI is InChI=1S/C21H23N3O3S/c1-14(15-7-8-17-18(11-15)27-10-9-26-17)22-20(25)12-24(2)13-21-23-16-5-3-4-6-19(16)28-21/h3-8,11,14H,9-10,12-13H2,1-2H3,(H,22,25)/p+1/t14-/m0/s1. The normalized spacial score (nSPS) is 15.2. The summed E-state index contributed by atoms with van der Waals surface area (Å²) in [6.07, 6.45) is 0. The van der Waals surface area contributed by atoms with Gasteiger partial charge in [0.1, 0.15) is 24.8 Å². The first-order valence-corrected chi connectivity index (χ1v) is 10.2. The van der Waals surface area contributed by atoms with Crippen LogP contribution in [-0.2, 0) is 11.3 Å². The van der Waals surface area contributed by atoms with Crippen LogP contribution in [0.3, 0.4) is 0 Å². The van der Waals surface area contributed by atoms with E-state index in [0.717, 1.165) is 39.0 Å². The van der Waals surface area contributed by atoms with Crippen LogP contribution in [0, 0.1) is 0 Å². The number of benzene rings is 2. The zero-order chi connectivity index (χ0) is 19.5. The van der Waals surface area contributed by atoms with Gasteiger partial charge in [0.2, 0.25) is 0 Å². The van der Waals surface area contributed by atoms with Crippen molar-refractivity contribution in [2.75, 3.05) is 26.8 Å². The summed E-state index contributed by atoms with van der Waals surface area (Å²) < 4.78 is 12.4. The van der Waals surface area contributed by atoms with Gasteiger partial charge in [-0.05, 0) is 36.8 Å². The Bertz CT molecular complexity index is 955. The quantitative estimate of drug-likeness (QED) is 0.666. The lowest BCUT2D eigenvalue weighted by Gasteiger charge is -2.21. The summed E-state index contributed by atoms with van der Waals surface area (Å²) in [5, 5.41) is 4.12. The Balaban J connectivity index is 1.33. The van der Waals surface area contributed by atoms with Crippen LogP contribution in [0.5, 0.6) is 11.5 Å². The lowest BCUT2D eigenvalue weighted by molar-refractivity contribution is -0.885. The molecule has 2 atom stereocenters. The molecule has 0 radical (unpaired) electrons. The molecule has 0 saturated heterocycles. The summed E-state index contributed by atoms with van der Waals surface area (Å²) in [5.74, 6) is 1.51. The van der Waals surface area contributed by atoms with Crippen molar-refractivity contribution in [1.82, 2.24) is 10.3 Å². The SMILES string of the molecule is C[C@H](NC(=O)C[NH+](C)Cc1nc2ccccc2s1)c1ccc2c(c1)OCCO2. The summed E-state index contributed by atoms with van der Waals surface area (Å²) in [5.41, 5.74) is 2.02. The van der Waals surface area contributed by atoms with Gasteiger partial charge < -0.3 is 19.7 Å². The summed E-state index contributed by atoms with van der Waals surface area (Å²) in [6.45, 7) is 4.22. The third-order valence-corrected chi connectivity index (χ3v) is 5.73. The van der Waals surface area contributed by atoms with Gasteiger partial charge in [-0.3, -0.25) is 4.79 Å². The van der Waals surface area contributed by atoms with E-state index in [1.54, 1.807) is 11.3 Å². The van der Waals surface area contributed by atoms with Crippen LogP contribution in [0.1, 0.15) is 23.5 Å². The average molecular weight is 399 g/mol. The van der Waals surface area contributed by atoms with Crippen LogP contribution in [-0.4, -0.2) is 37.7 Å². The molecule has 0 fully saturated rings. The monoisotopic (exact) mass is 398 g/mol. The Labute approximate surface area is 168 Å². The minimum absolute atomic E-state index is 0.0148. The number of amides is 1. The maximum absolute atomic E-state index is 12.5. The van der Waals surface area contributed by atoms with E-state index in [-0.39, 0.29) is 11.9 Å². The Morgan fingerprint density at radius 1 is 1.21 bits per heavy atom. The zero-order valence-corrected chi connectivity index (χ0v) is 16.8. The molecule has 28 heavy (non-hydrogen) atoms. The third-order valence-electron chi connectivity index (χ3n) is 4.70. The Morgan fingerprint density at radius 2 is 2.00 bits per heavy atom. The second kappa shape index (κ2) is 8.16. The van der Waals surface area contributed by atoms with Crippen molar-refractivity contribution in [1.29, 1.82) is 0 Å². The number of fused-ring (bicyclic) bond motifs is 2. The molecule has 2 aromatic carbocycles. The van der Waals surface area contributed by atoms with Crippen molar-refractivity contribution in [3.63, 3.8) is 0 Å². The number of carbonyl (C=O) groups is 1. The summed E-state index contributed by atoms with van der Waals surface area (Å²) in [4.78, 5) is 18.2. The topological polar surface area (TPSA) is 64.9 Å². The minimum Gasteiger partial charge on any atom is -0.486 e. The molecular formula is C21H24N3O3S+. The molecule has 146 valence electrons. The van der Waals surface area contributed by atoms with Crippen LogP contribution < -0.4 is 19.7 Å². The number of carbonyl (C=O) groups excluding carboxylic acids is 1. The summed E-state index contributed by atoms with van der Waals surface area (Å²) in [7, 11) is 2.01. The number of rotatable bonds is 6. The van der Waals surface area contributed by atoms with Crippen LogP contribution in [0.2, 0.25) is 0 Å². The van der Waals surface area contributed by atoms with E-state index in [9.17, 15) is 4.79 Å². The molecule has 1 aliphatic heterocycles. The van der Waals surface area contributed by atoms with Crippen LogP contribution in [0.25, 0.3) is 10.2 Å². The van der Waals surface area contributed by atoms with E-state index in [1.807, 2.05) is 50.4 Å². The minimum atomic E-state index is -0.0985. The van der Waals surface area contributed by atoms with Gasteiger partial charge in [-0.1, -0.05) is 18.2 Å². The van der Waals surface area contributed by atoms with Crippen molar-refractivity contribution in [3.8, 4) is 11.5 Å². The van der Waals surface area contributed by atoms with Gasteiger partial charge in [0.05, 0.1) is 23.3 Å². The number of aromatic nitrogens is 1. The second-order valence-corrected chi connectivity index (χ2v) is 8.19. The number of likely N-dealkylation sites (N-methyl/N-ethyl adjacent to an activating group) is 1. The number of hydrogen-bond acceptors (Lipinski definition) is 5. The van der Waals surface area contributed by atoms with E-state index >= 15 is 0 Å². The van der Waals surface area contributed by atoms with Crippen molar-refractivity contribution in [3.05, 3.63) is 53.0 Å². The molecule has 3 aromatic rings. The maximum atomic E-state index is 12.5. The molecular weight excluding hydrogens is 374 g/mol. The van der Waals surface area contributed by atoms with Gasteiger partial charge in [-0.25, -0.2) is 4.98 Å². The number of para-hydroxylation sites is 1. The molecule has 1 aromatic heterocycles. The fourth-order valence-corrected chi connectivity index (χ4v) is 4.38. The van der Waals surface area contributed by atoms with E-state index in [4.69, 9.17) is 9.47 Å². The van der Waals surface area contributed by atoms with Crippen molar-refractivity contribution >= 4 is 27.5 Å². The number of ether oxygens (including phenoxy) is 2. The first kappa shape index (κ1) is 18.7. The Morgan fingerprint density at radius 3 is 2.82 bits per heavy atom. The first-order chi connectivity index (χ1) is 13.6. The van der Waals surface area contributed by atoms with E-state index in [2.05, 4.69) is 16.4 Å². The Kier molecular flexibility index (Phi) is 5.45. The predicted octanol–water partition coefficient (Wildman–Crippen LogP) is 1.96. The number of hydrogen-bond donors (Lipinski definition) is 2. The smallest absolute Gasteiger partial charge is 0.275 e. The summed E-state index contributed by atoms with van der Waals surface area (Å²) >= 11 is 1.69. The number of nitrogens with zero attached hydrogens (tertiary/aromatic N) is 1. The highest BCUT2D eigenvalue weighted by atomic mass is 32.1. The lowest BCUT2D eigenvalue weighted by Crippen LogP contribution is -3.08. The van der Waals surface area contributed by atoms with Gasteiger partial charge in [0, 0.05) is 0 Å². The molecule has 2 heterocycles. The fourth-order valence-electron chi connectivity index (χ4n) is 3.30. The highest BCUT2D eigenvalue weighted by Crippen LogP contribution is 2.32. The molecule has 2 N–H and O–H groups in total. The number of quaternary nitrogens is 1. The average Bonchev–Trinajstić information content (AvgIpc) is 3.09. The highest BCUT2D eigenvalue weighted by molar-refractivity contribution is 7.18. The first-order valence-electron chi connectivity index (χ1n) is 9.43. The third kappa shape index (κ3) is 4.26. The molecule has 0 aliphatic carbocycles. The molecule has 1 unspecified atom stereocenters. The molecule has 6 nitrogen and oxygen atoms in total. The largest absolute Gasteiger partial charge is 0.486 e. The van der Waals surface area contributed by atoms with Gasteiger partial charge in [0.25, 0.3) is 5.91 Å². The van der Waals surface area contributed by atoms with Crippen LogP contribution >= 0.6 is 11.3 Å². The highest BCUT2D eigenvalue weighted by Gasteiger charge is 2.18. The molecule has 0 bridgehead atoms. The van der Waals surface area contributed by atoms with E-state index in [1.165, 1.54) is 4.70 Å². The van der Waals surface area contributed by atoms with Crippen LogP contribution in [0.15, 0.2) is 42.5 Å². The fraction of sp³-hybridized carbons (Fsp3) is 0.333. The molecule has 1 aliphatic rings. The molecule has 0 spiro atoms. The van der Waals surface area contributed by atoms with E-state index < -0.39 is 0 Å². The number of nitrogens with one attached hydrogen (secondary N) is 2. The van der Waals surface area contributed by atoms with Crippen molar-refractivity contribution in [2.24, 2.45) is 0 Å². The van der Waals surface area contributed by atoms with Crippen LogP contribution in [0.4, 0.5) is 0 Å². The predicted molar refractivity (Wildman–Crippen MR) is 109 cm³/mol. The van der Waals surface area contributed by atoms with Gasteiger partial charge in [-0.2, -0.15) is 0 Å². The molecule has 4 rings (SSSR count). The Hall–Kier alpha value is -2.64. The van der Waals surface area contributed by atoms with Crippen molar-refractivity contribution < 1.29 is 19.2 Å². The van der Waals surface area contributed by atoms with Gasteiger partial charge >= 0.3 is 0 Å². The zero-order valence-electron chi connectivity index (χ0n) is 16.0. The molecule has 7 heteroatoms. The molecule has 0 saturated carbocycles. The van der Waals surface area contributed by atoms with Gasteiger partial charge in [-0.15, -0.1) is 11.3 Å². The number of thiazole rings is 1. The maximum Gasteiger partial charge on any atom is 0.275 e.